The second kappa shape index (κ2) is 3.71. The second-order valence-electron chi connectivity index (χ2n) is 2.11. The summed E-state index contributed by atoms with van der Waals surface area (Å²) in [5, 5.41) is 2.92. The molecule has 0 aliphatic heterocycles. The summed E-state index contributed by atoms with van der Waals surface area (Å²) in [6.07, 6.45) is 1.62. The highest BCUT2D eigenvalue weighted by Gasteiger charge is 1.95. The first-order valence-electron chi connectivity index (χ1n) is 3.24. The van der Waals surface area contributed by atoms with E-state index in [1.165, 1.54) is 3.57 Å². The zero-order valence-electron chi connectivity index (χ0n) is 6.26. The van der Waals surface area contributed by atoms with Gasteiger partial charge in [-0.2, -0.15) is 0 Å². The fourth-order valence-electron chi connectivity index (χ4n) is 0.729. The van der Waals surface area contributed by atoms with E-state index in [2.05, 4.69) is 39.5 Å². The largest absolute Gasteiger partial charge is 0.347 e. The predicted octanol–water partition coefficient (Wildman–Crippen LogP) is 2.55. The summed E-state index contributed by atoms with van der Waals surface area (Å²) in [6.45, 7) is 5.54. The lowest BCUT2D eigenvalue weighted by Gasteiger charge is -2.01. The molecule has 58 valence electrons. The zero-order valence-corrected chi connectivity index (χ0v) is 8.42. The molecular weight excluding hydrogens is 251 g/mol. The highest BCUT2D eigenvalue weighted by Crippen LogP contribution is 2.11. The van der Waals surface area contributed by atoms with Crippen molar-refractivity contribution in [3.05, 3.63) is 34.2 Å². The quantitative estimate of drug-likeness (QED) is 0.826. The van der Waals surface area contributed by atoms with Gasteiger partial charge in [-0.3, -0.25) is 0 Å². The molecule has 0 fully saturated rings. The molecule has 0 amide bonds. The molecule has 2 nitrogen and oxygen atoms in total. The Hall–Kier alpha value is -0.580. The summed E-state index contributed by atoms with van der Waals surface area (Å²) in [4.78, 5) is 4.27. The Morgan fingerprint density at radius 1 is 1.64 bits per heavy atom. The lowest BCUT2D eigenvalue weighted by molar-refractivity contribution is 1.18. The SMILES string of the molecule is C=CNc1ccc(I)c(C)n1. The van der Waals surface area contributed by atoms with Crippen molar-refractivity contribution in [3.8, 4) is 0 Å². The van der Waals surface area contributed by atoms with Crippen LogP contribution in [0.5, 0.6) is 0 Å². The molecule has 1 heterocycles. The van der Waals surface area contributed by atoms with Crippen LogP contribution in [0.25, 0.3) is 0 Å². The molecule has 1 aromatic rings. The number of anilines is 1. The van der Waals surface area contributed by atoms with E-state index in [9.17, 15) is 0 Å². The topological polar surface area (TPSA) is 24.9 Å². The molecule has 1 N–H and O–H groups in total. The van der Waals surface area contributed by atoms with Crippen molar-refractivity contribution in [2.45, 2.75) is 6.92 Å². The van der Waals surface area contributed by atoms with Crippen LogP contribution in [-0.2, 0) is 0 Å². The summed E-state index contributed by atoms with van der Waals surface area (Å²) in [5.74, 6) is 0.845. The van der Waals surface area contributed by atoms with Gasteiger partial charge in [-0.1, -0.05) is 6.58 Å². The van der Waals surface area contributed by atoms with Crippen LogP contribution in [-0.4, -0.2) is 4.98 Å². The molecule has 0 bridgehead atoms. The van der Waals surface area contributed by atoms with Gasteiger partial charge >= 0.3 is 0 Å². The predicted molar refractivity (Wildman–Crippen MR) is 55.5 cm³/mol. The Bertz CT molecular complexity index is 271. The average Bonchev–Trinajstić information content (AvgIpc) is 1.98. The maximum Gasteiger partial charge on any atom is 0.130 e. The first-order chi connectivity index (χ1) is 5.24. The molecule has 0 aliphatic rings. The van der Waals surface area contributed by atoms with Crippen LogP contribution in [0, 0.1) is 10.5 Å². The molecule has 0 saturated carbocycles. The monoisotopic (exact) mass is 260 g/mol. The van der Waals surface area contributed by atoms with Gasteiger partial charge < -0.3 is 5.32 Å². The van der Waals surface area contributed by atoms with E-state index in [1.807, 2.05) is 19.1 Å². The van der Waals surface area contributed by atoms with Gasteiger partial charge in [0, 0.05) is 3.57 Å². The minimum atomic E-state index is 0.845. The van der Waals surface area contributed by atoms with Crippen molar-refractivity contribution < 1.29 is 0 Å². The number of pyridine rings is 1. The minimum absolute atomic E-state index is 0.845. The molecule has 3 heteroatoms. The van der Waals surface area contributed by atoms with Gasteiger partial charge in [-0.15, -0.1) is 0 Å². The van der Waals surface area contributed by atoms with Crippen LogP contribution in [0.4, 0.5) is 5.82 Å². The molecule has 0 aliphatic carbocycles. The second-order valence-corrected chi connectivity index (χ2v) is 3.27. The fourth-order valence-corrected chi connectivity index (χ4v) is 1.03. The summed E-state index contributed by atoms with van der Waals surface area (Å²) in [5.41, 5.74) is 1.04. The van der Waals surface area contributed by atoms with E-state index in [0.29, 0.717) is 0 Å². The smallest absolute Gasteiger partial charge is 0.130 e. The van der Waals surface area contributed by atoms with Gasteiger partial charge in [0.15, 0.2) is 0 Å². The van der Waals surface area contributed by atoms with Crippen LogP contribution in [0.1, 0.15) is 5.69 Å². The van der Waals surface area contributed by atoms with Crippen molar-refractivity contribution >= 4 is 28.4 Å². The number of aryl methyl sites for hydroxylation is 1. The summed E-state index contributed by atoms with van der Waals surface area (Å²) in [7, 11) is 0. The summed E-state index contributed by atoms with van der Waals surface area (Å²) in [6, 6.07) is 3.95. The summed E-state index contributed by atoms with van der Waals surface area (Å²) >= 11 is 2.25. The molecule has 0 unspecified atom stereocenters. The molecule has 0 aromatic carbocycles. The number of hydrogen-bond donors (Lipinski definition) is 1. The fraction of sp³-hybridized carbons (Fsp3) is 0.125. The minimum Gasteiger partial charge on any atom is -0.347 e. The first kappa shape index (κ1) is 8.52. The van der Waals surface area contributed by atoms with Gasteiger partial charge in [0.1, 0.15) is 5.82 Å². The third-order valence-corrected chi connectivity index (χ3v) is 2.41. The zero-order chi connectivity index (χ0) is 8.27. The lowest BCUT2D eigenvalue weighted by atomic mass is 10.4. The standard InChI is InChI=1S/C8H9IN2/c1-3-10-8-5-4-7(9)6(2)11-8/h3-5H,1H2,2H3,(H,10,11). The highest BCUT2D eigenvalue weighted by molar-refractivity contribution is 14.1. The first-order valence-corrected chi connectivity index (χ1v) is 4.32. The number of aromatic nitrogens is 1. The number of nitrogens with zero attached hydrogens (tertiary/aromatic N) is 1. The van der Waals surface area contributed by atoms with Gasteiger partial charge in [0.05, 0.1) is 5.69 Å². The van der Waals surface area contributed by atoms with Crippen molar-refractivity contribution in [3.63, 3.8) is 0 Å². The molecule has 11 heavy (non-hydrogen) atoms. The highest BCUT2D eigenvalue weighted by atomic mass is 127. The average molecular weight is 260 g/mol. The van der Waals surface area contributed by atoms with Crippen molar-refractivity contribution in [2.24, 2.45) is 0 Å². The Kier molecular flexibility index (Phi) is 2.87. The Morgan fingerprint density at radius 2 is 2.36 bits per heavy atom. The van der Waals surface area contributed by atoms with Crippen LogP contribution < -0.4 is 5.32 Å². The van der Waals surface area contributed by atoms with E-state index in [0.717, 1.165) is 11.5 Å². The number of nitrogens with one attached hydrogen (secondary N) is 1. The molecule has 0 spiro atoms. The third-order valence-electron chi connectivity index (χ3n) is 1.27. The number of hydrogen-bond acceptors (Lipinski definition) is 2. The van der Waals surface area contributed by atoms with Gasteiger partial charge in [0.2, 0.25) is 0 Å². The molecule has 0 atom stereocenters. The van der Waals surface area contributed by atoms with E-state index in [-0.39, 0.29) is 0 Å². The molecule has 0 radical (unpaired) electrons. The third kappa shape index (κ3) is 2.18. The van der Waals surface area contributed by atoms with Gasteiger partial charge in [-0.25, -0.2) is 4.98 Å². The van der Waals surface area contributed by atoms with Gasteiger partial charge in [0.25, 0.3) is 0 Å². The number of halogens is 1. The van der Waals surface area contributed by atoms with Crippen molar-refractivity contribution in [2.75, 3.05) is 5.32 Å². The van der Waals surface area contributed by atoms with E-state index in [1.54, 1.807) is 6.20 Å². The van der Waals surface area contributed by atoms with E-state index >= 15 is 0 Å². The van der Waals surface area contributed by atoms with Crippen LogP contribution in [0.3, 0.4) is 0 Å². The Labute approximate surface area is 79.9 Å². The van der Waals surface area contributed by atoms with E-state index < -0.39 is 0 Å². The van der Waals surface area contributed by atoms with Gasteiger partial charge in [-0.05, 0) is 47.8 Å². The van der Waals surface area contributed by atoms with Crippen molar-refractivity contribution in [1.29, 1.82) is 0 Å². The molecule has 1 rings (SSSR count). The van der Waals surface area contributed by atoms with Crippen LogP contribution >= 0.6 is 22.6 Å². The molecule has 0 saturated heterocycles. The Morgan fingerprint density at radius 3 is 2.91 bits per heavy atom. The molecular formula is C8H9IN2. The van der Waals surface area contributed by atoms with Crippen LogP contribution in [0.15, 0.2) is 24.9 Å². The van der Waals surface area contributed by atoms with Crippen LogP contribution in [0.2, 0.25) is 0 Å². The molecule has 1 aromatic heterocycles. The van der Waals surface area contributed by atoms with E-state index in [4.69, 9.17) is 0 Å². The summed E-state index contributed by atoms with van der Waals surface area (Å²) < 4.78 is 1.18. The lowest BCUT2D eigenvalue weighted by Crippen LogP contribution is -1.93. The van der Waals surface area contributed by atoms with Crippen molar-refractivity contribution in [1.82, 2.24) is 4.98 Å². The normalized spacial score (nSPS) is 9.27. The number of rotatable bonds is 2. The maximum atomic E-state index is 4.27. The Balaban J connectivity index is 2.95. The maximum absolute atomic E-state index is 4.27.